The van der Waals surface area contributed by atoms with E-state index < -0.39 is 4.92 Å². The Morgan fingerprint density at radius 1 is 1.11 bits per heavy atom. The number of ether oxygens (including phenoxy) is 1. The molecule has 0 fully saturated rings. The standard InChI is InChI=1S/C21H18N2O4/c1-14-19(4-3-5-20(14)23(25)26)22-21(24)11-7-15-6-8-17-13-18(27-2)10-9-16(17)12-15/h3-13H,1-2H3,(H,22,24)/b11-7+. The van der Waals surface area contributed by atoms with E-state index in [1.807, 2.05) is 36.4 Å². The van der Waals surface area contributed by atoms with Crippen LogP contribution in [0.1, 0.15) is 11.1 Å². The van der Waals surface area contributed by atoms with Gasteiger partial charge in [0.25, 0.3) is 5.69 Å². The zero-order valence-corrected chi connectivity index (χ0v) is 14.9. The second kappa shape index (κ2) is 7.70. The van der Waals surface area contributed by atoms with Gasteiger partial charge in [-0.25, -0.2) is 0 Å². The van der Waals surface area contributed by atoms with Gasteiger partial charge in [0.15, 0.2) is 0 Å². The summed E-state index contributed by atoms with van der Waals surface area (Å²) in [5.74, 6) is 0.436. The topological polar surface area (TPSA) is 81.5 Å². The number of carbonyl (C=O) groups is 1. The van der Waals surface area contributed by atoms with Crippen molar-refractivity contribution in [2.24, 2.45) is 0 Å². The third-order valence-corrected chi connectivity index (χ3v) is 4.26. The highest BCUT2D eigenvalue weighted by molar-refractivity contribution is 6.03. The molecule has 3 aromatic rings. The molecule has 0 spiro atoms. The van der Waals surface area contributed by atoms with Crippen LogP contribution < -0.4 is 10.1 Å². The number of methoxy groups -OCH3 is 1. The third-order valence-electron chi connectivity index (χ3n) is 4.26. The molecule has 0 atom stereocenters. The highest BCUT2D eigenvalue weighted by atomic mass is 16.6. The first-order chi connectivity index (χ1) is 13.0. The molecule has 136 valence electrons. The van der Waals surface area contributed by atoms with E-state index in [-0.39, 0.29) is 11.6 Å². The van der Waals surface area contributed by atoms with Crippen LogP contribution in [0.3, 0.4) is 0 Å². The molecule has 0 unspecified atom stereocenters. The van der Waals surface area contributed by atoms with Gasteiger partial charge in [-0.15, -0.1) is 0 Å². The van der Waals surface area contributed by atoms with Crippen molar-refractivity contribution in [3.05, 3.63) is 81.9 Å². The lowest BCUT2D eigenvalue weighted by Crippen LogP contribution is -2.09. The van der Waals surface area contributed by atoms with Crippen molar-refractivity contribution in [2.75, 3.05) is 12.4 Å². The predicted molar refractivity (Wildman–Crippen MR) is 106 cm³/mol. The molecule has 0 radical (unpaired) electrons. The summed E-state index contributed by atoms with van der Waals surface area (Å²) in [5.41, 5.74) is 1.69. The van der Waals surface area contributed by atoms with E-state index in [0.717, 1.165) is 22.1 Å². The lowest BCUT2D eigenvalue weighted by molar-refractivity contribution is -0.385. The number of nitrogens with one attached hydrogen (secondary N) is 1. The largest absolute Gasteiger partial charge is 0.497 e. The average Bonchev–Trinajstić information content (AvgIpc) is 2.67. The summed E-state index contributed by atoms with van der Waals surface area (Å²) in [6, 6.07) is 16.2. The van der Waals surface area contributed by atoms with Crippen LogP contribution in [0, 0.1) is 17.0 Å². The number of hydrogen-bond acceptors (Lipinski definition) is 4. The Balaban J connectivity index is 1.76. The number of amides is 1. The summed E-state index contributed by atoms with van der Waals surface area (Å²) in [5, 5.41) is 15.7. The Kier molecular flexibility index (Phi) is 5.17. The molecule has 0 bridgehead atoms. The first-order valence-electron chi connectivity index (χ1n) is 8.29. The number of carbonyl (C=O) groups excluding carboxylic acids is 1. The number of anilines is 1. The molecule has 0 aromatic heterocycles. The molecule has 0 saturated carbocycles. The summed E-state index contributed by atoms with van der Waals surface area (Å²) in [7, 11) is 1.62. The van der Waals surface area contributed by atoms with E-state index in [1.54, 1.807) is 32.2 Å². The molecule has 0 saturated heterocycles. The Labute approximate surface area is 156 Å². The number of rotatable bonds is 5. The van der Waals surface area contributed by atoms with Crippen LogP contribution in [0.15, 0.2) is 60.7 Å². The smallest absolute Gasteiger partial charge is 0.274 e. The highest BCUT2D eigenvalue weighted by Crippen LogP contribution is 2.25. The molecule has 1 N–H and O–H groups in total. The Morgan fingerprint density at radius 2 is 1.85 bits per heavy atom. The first-order valence-corrected chi connectivity index (χ1v) is 8.29. The van der Waals surface area contributed by atoms with Crippen LogP contribution in [-0.2, 0) is 4.79 Å². The minimum atomic E-state index is -0.467. The lowest BCUT2D eigenvalue weighted by atomic mass is 10.1. The quantitative estimate of drug-likeness (QED) is 0.405. The molecule has 0 heterocycles. The zero-order chi connectivity index (χ0) is 19.4. The molecular weight excluding hydrogens is 344 g/mol. The van der Waals surface area contributed by atoms with Crippen molar-refractivity contribution in [3.8, 4) is 5.75 Å². The predicted octanol–water partition coefficient (Wildman–Crippen LogP) is 4.72. The number of nitro groups is 1. The van der Waals surface area contributed by atoms with Gasteiger partial charge >= 0.3 is 0 Å². The van der Waals surface area contributed by atoms with E-state index in [9.17, 15) is 14.9 Å². The van der Waals surface area contributed by atoms with Crippen LogP contribution in [0.4, 0.5) is 11.4 Å². The zero-order valence-electron chi connectivity index (χ0n) is 14.9. The van der Waals surface area contributed by atoms with Gasteiger partial charge in [-0.1, -0.05) is 24.3 Å². The van der Waals surface area contributed by atoms with Crippen LogP contribution in [0.25, 0.3) is 16.8 Å². The number of hydrogen-bond donors (Lipinski definition) is 1. The van der Waals surface area contributed by atoms with E-state index >= 15 is 0 Å². The molecular formula is C21H18N2O4. The normalized spacial score (nSPS) is 10.9. The number of nitrogens with zero attached hydrogens (tertiary/aromatic N) is 1. The van der Waals surface area contributed by atoms with Gasteiger partial charge in [0.2, 0.25) is 5.91 Å². The van der Waals surface area contributed by atoms with Gasteiger partial charge in [0, 0.05) is 12.1 Å². The van der Waals surface area contributed by atoms with Gasteiger partial charge in [-0.2, -0.15) is 0 Å². The molecule has 27 heavy (non-hydrogen) atoms. The Bertz CT molecular complexity index is 1060. The summed E-state index contributed by atoms with van der Waals surface area (Å²) in [4.78, 5) is 22.7. The molecule has 3 rings (SSSR count). The molecule has 6 heteroatoms. The summed E-state index contributed by atoms with van der Waals surface area (Å²) < 4.78 is 5.21. The Hall–Kier alpha value is -3.67. The van der Waals surface area contributed by atoms with Crippen molar-refractivity contribution in [1.29, 1.82) is 0 Å². The first kappa shape index (κ1) is 18.1. The van der Waals surface area contributed by atoms with Crippen LogP contribution in [-0.4, -0.2) is 17.9 Å². The molecule has 6 nitrogen and oxygen atoms in total. The maximum absolute atomic E-state index is 12.2. The maximum Gasteiger partial charge on any atom is 0.274 e. The minimum Gasteiger partial charge on any atom is -0.497 e. The third kappa shape index (κ3) is 4.12. The van der Waals surface area contributed by atoms with Gasteiger partial charge < -0.3 is 10.1 Å². The second-order valence-electron chi connectivity index (χ2n) is 6.00. The monoisotopic (exact) mass is 362 g/mol. The van der Waals surface area contributed by atoms with E-state index in [0.29, 0.717) is 11.3 Å². The van der Waals surface area contributed by atoms with E-state index in [4.69, 9.17) is 4.74 Å². The van der Waals surface area contributed by atoms with E-state index in [2.05, 4.69) is 5.32 Å². The fourth-order valence-corrected chi connectivity index (χ4v) is 2.78. The van der Waals surface area contributed by atoms with Gasteiger partial charge in [0.1, 0.15) is 5.75 Å². The number of benzene rings is 3. The van der Waals surface area contributed by atoms with Crippen LogP contribution >= 0.6 is 0 Å². The van der Waals surface area contributed by atoms with Gasteiger partial charge in [-0.3, -0.25) is 14.9 Å². The van der Waals surface area contributed by atoms with Crippen molar-refractivity contribution < 1.29 is 14.5 Å². The fourth-order valence-electron chi connectivity index (χ4n) is 2.78. The highest BCUT2D eigenvalue weighted by Gasteiger charge is 2.13. The van der Waals surface area contributed by atoms with Crippen molar-refractivity contribution in [1.82, 2.24) is 0 Å². The molecule has 0 aliphatic carbocycles. The maximum atomic E-state index is 12.2. The fraction of sp³-hybridized carbons (Fsp3) is 0.0952. The van der Waals surface area contributed by atoms with Crippen LogP contribution in [0.2, 0.25) is 0 Å². The number of nitro benzene ring substituents is 1. The summed E-state index contributed by atoms with van der Waals surface area (Å²) in [6.45, 7) is 1.61. The van der Waals surface area contributed by atoms with Crippen molar-refractivity contribution in [2.45, 2.75) is 6.92 Å². The second-order valence-corrected chi connectivity index (χ2v) is 6.00. The lowest BCUT2D eigenvalue weighted by Gasteiger charge is -2.06. The van der Waals surface area contributed by atoms with Crippen LogP contribution in [0.5, 0.6) is 5.75 Å². The van der Waals surface area contributed by atoms with E-state index in [1.165, 1.54) is 12.1 Å². The molecule has 0 aliphatic heterocycles. The number of fused-ring (bicyclic) bond motifs is 1. The molecule has 1 amide bonds. The SMILES string of the molecule is COc1ccc2cc(/C=C/C(=O)Nc3cccc([N+](=O)[O-])c3C)ccc2c1. The summed E-state index contributed by atoms with van der Waals surface area (Å²) in [6.07, 6.45) is 3.11. The minimum absolute atomic E-state index is 0.0262. The van der Waals surface area contributed by atoms with Gasteiger partial charge in [0.05, 0.1) is 23.3 Å². The molecule has 3 aromatic carbocycles. The van der Waals surface area contributed by atoms with Crippen molar-refractivity contribution in [3.63, 3.8) is 0 Å². The average molecular weight is 362 g/mol. The summed E-state index contributed by atoms with van der Waals surface area (Å²) >= 11 is 0. The molecule has 0 aliphatic rings. The Morgan fingerprint density at radius 3 is 2.59 bits per heavy atom. The van der Waals surface area contributed by atoms with Gasteiger partial charge in [-0.05, 0) is 53.6 Å². The van der Waals surface area contributed by atoms with Crippen molar-refractivity contribution >= 4 is 34.1 Å².